The van der Waals surface area contributed by atoms with E-state index < -0.39 is 0 Å². The summed E-state index contributed by atoms with van der Waals surface area (Å²) in [7, 11) is 4.18. The first-order valence-corrected chi connectivity index (χ1v) is 15.3. The van der Waals surface area contributed by atoms with Gasteiger partial charge in [0.25, 0.3) is 0 Å². The number of nitrogens with zero attached hydrogens (tertiary/aromatic N) is 3. The quantitative estimate of drug-likeness (QED) is 0.318. The molecule has 1 heterocycles. The summed E-state index contributed by atoms with van der Waals surface area (Å²) >= 11 is 0. The number of hydrogen-bond donors (Lipinski definition) is 0. The number of amides is 1. The maximum Gasteiger partial charge on any atom is 0.244 e. The van der Waals surface area contributed by atoms with E-state index in [2.05, 4.69) is 45.7 Å². The van der Waals surface area contributed by atoms with Crippen molar-refractivity contribution in [2.24, 2.45) is 45.4 Å². The summed E-state index contributed by atoms with van der Waals surface area (Å²) in [5, 5.41) is 0. The Morgan fingerprint density at radius 2 is 1.89 bits per heavy atom. The predicted octanol–water partition coefficient (Wildman–Crippen LogP) is 6.61. The Morgan fingerprint density at radius 3 is 2.67 bits per heavy atom. The molecule has 0 radical (unpaired) electrons. The van der Waals surface area contributed by atoms with Crippen LogP contribution in [0.2, 0.25) is 0 Å². The third kappa shape index (κ3) is 4.63. The van der Waals surface area contributed by atoms with Crippen LogP contribution in [-0.2, 0) is 4.79 Å². The molecule has 5 aliphatic rings. The molecule has 202 valence electrons. The van der Waals surface area contributed by atoms with Gasteiger partial charge in [0.1, 0.15) is 6.54 Å². The van der Waals surface area contributed by atoms with E-state index in [9.17, 15) is 4.79 Å². The SMILES string of the molecule is CC(=NCC(=O)N(C)CC1CCCCN1C)[C@H]1CC[C@H]2[C@@H]3CCC4=C[C@@H](C)CC[C@]4(C)[C@H]3CC[C@]12C. The van der Waals surface area contributed by atoms with Gasteiger partial charge in [-0.05, 0) is 119 Å². The van der Waals surface area contributed by atoms with Crippen molar-refractivity contribution in [3.05, 3.63) is 11.6 Å². The van der Waals surface area contributed by atoms with Crippen LogP contribution < -0.4 is 0 Å². The number of fused-ring (bicyclic) bond motifs is 5. The van der Waals surface area contributed by atoms with Crippen LogP contribution in [0, 0.1) is 40.4 Å². The standard InChI is InChI=1S/C32H53N3O/c1-22-14-16-31(3)24(19-22)10-11-26-28-13-12-27(32(28,4)17-15-29(26)31)23(2)33-20-30(36)35(6)21-25-9-7-8-18-34(25)5/h19,22,25-29H,7-18,20-21H2,1-6H3/t22-,25?,26-,27+,28-,29-,31-,32+/m0/s1. The van der Waals surface area contributed by atoms with Gasteiger partial charge in [-0.25, -0.2) is 0 Å². The molecule has 1 saturated heterocycles. The maximum atomic E-state index is 13.0. The van der Waals surface area contributed by atoms with Crippen molar-refractivity contribution in [1.82, 2.24) is 9.80 Å². The molecule has 0 aromatic carbocycles. The Morgan fingerprint density at radius 1 is 1.08 bits per heavy atom. The van der Waals surface area contributed by atoms with Crippen LogP contribution in [0.25, 0.3) is 0 Å². The van der Waals surface area contributed by atoms with E-state index in [1.165, 1.54) is 76.3 Å². The van der Waals surface area contributed by atoms with Crippen molar-refractivity contribution in [1.29, 1.82) is 0 Å². The Labute approximate surface area is 221 Å². The van der Waals surface area contributed by atoms with Crippen molar-refractivity contribution in [2.75, 3.05) is 33.7 Å². The highest BCUT2D eigenvalue weighted by atomic mass is 16.2. The zero-order valence-electron chi connectivity index (χ0n) is 24.2. The molecular formula is C32H53N3O. The molecule has 0 aromatic rings. The predicted molar refractivity (Wildman–Crippen MR) is 150 cm³/mol. The normalized spacial score (nSPS) is 43.3. The molecule has 0 N–H and O–H groups in total. The highest BCUT2D eigenvalue weighted by Crippen LogP contribution is 2.67. The molecule has 8 atom stereocenters. The number of aliphatic imine (C=N–C) groups is 1. The summed E-state index contributed by atoms with van der Waals surface area (Å²) in [6.45, 7) is 12.2. The van der Waals surface area contributed by atoms with E-state index in [-0.39, 0.29) is 5.91 Å². The second-order valence-corrected chi connectivity index (χ2v) is 14.1. The second-order valence-electron chi connectivity index (χ2n) is 14.1. The average Bonchev–Trinajstić information content (AvgIpc) is 3.21. The van der Waals surface area contributed by atoms with Crippen molar-refractivity contribution in [3.63, 3.8) is 0 Å². The van der Waals surface area contributed by atoms with Crippen molar-refractivity contribution in [2.45, 2.75) is 104 Å². The smallest absolute Gasteiger partial charge is 0.244 e. The highest BCUT2D eigenvalue weighted by molar-refractivity contribution is 5.88. The lowest BCUT2D eigenvalue weighted by Crippen LogP contribution is -2.51. The third-order valence-corrected chi connectivity index (χ3v) is 12.1. The van der Waals surface area contributed by atoms with Gasteiger partial charge in [-0.2, -0.15) is 0 Å². The van der Waals surface area contributed by atoms with E-state index in [0.717, 1.165) is 36.8 Å². The Balaban J connectivity index is 1.23. The molecule has 0 spiro atoms. The largest absolute Gasteiger partial charge is 0.343 e. The summed E-state index contributed by atoms with van der Waals surface area (Å²) in [5.74, 6) is 4.12. The van der Waals surface area contributed by atoms with E-state index >= 15 is 0 Å². The number of allylic oxidation sites excluding steroid dienone is 2. The van der Waals surface area contributed by atoms with Crippen LogP contribution in [0.1, 0.15) is 98.3 Å². The van der Waals surface area contributed by atoms with Gasteiger partial charge in [-0.3, -0.25) is 9.79 Å². The first-order chi connectivity index (χ1) is 17.1. The van der Waals surface area contributed by atoms with Crippen molar-refractivity contribution < 1.29 is 4.79 Å². The van der Waals surface area contributed by atoms with Gasteiger partial charge in [0.2, 0.25) is 5.91 Å². The number of rotatable bonds is 5. The lowest BCUT2D eigenvalue weighted by atomic mass is 9.46. The molecule has 36 heavy (non-hydrogen) atoms. The number of carbonyl (C=O) groups is 1. The molecule has 1 unspecified atom stereocenters. The number of hydrogen-bond acceptors (Lipinski definition) is 3. The summed E-state index contributed by atoms with van der Waals surface area (Å²) < 4.78 is 0. The van der Waals surface area contributed by atoms with Crippen LogP contribution in [0.15, 0.2) is 16.6 Å². The minimum absolute atomic E-state index is 0.183. The zero-order chi connectivity index (χ0) is 25.7. The van der Waals surface area contributed by atoms with E-state index in [4.69, 9.17) is 4.99 Å². The van der Waals surface area contributed by atoms with E-state index in [1.54, 1.807) is 5.57 Å². The number of carbonyl (C=O) groups excluding carboxylic acids is 1. The monoisotopic (exact) mass is 495 g/mol. The van der Waals surface area contributed by atoms with Gasteiger partial charge in [-0.15, -0.1) is 0 Å². The fourth-order valence-corrected chi connectivity index (χ4v) is 9.80. The molecule has 5 rings (SSSR count). The van der Waals surface area contributed by atoms with E-state index in [0.29, 0.717) is 29.3 Å². The molecule has 4 nitrogen and oxygen atoms in total. The van der Waals surface area contributed by atoms with Crippen LogP contribution in [-0.4, -0.2) is 61.2 Å². The number of likely N-dealkylation sites (N-methyl/N-ethyl adjacent to an activating group) is 2. The van der Waals surface area contributed by atoms with Crippen LogP contribution >= 0.6 is 0 Å². The van der Waals surface area contributed by atoms with Gasteiger partial charge in [0.15, 0.2) is 0 Å². The molecule has 4 aliphatic carbocycles. The number of likely N-dealkylation sites (tertiary alicyclic amines) is 1. The zero-order valence-corrected chi connectivity index (χ0v) is 24.2. The van der Waals surface area contributed by atoms with Crippen LogP contribution in [0.5, 0.6) is 0 Å². The first kappa shape index (κ1) is 26.4. The van der Waals surface area contributed by atoms with Gasteiger partial charge in [0, 0.05) is 31.3 Å². The number of piperidine rings is 1. The maximum absolute atomic E-state index is 13.0. The summed E-state index contributed by atoms with van der Waals surface area (Å²) in [6, 6.07) is 0.502. The van der Waals surface area contributed by atoms with Gasteiger partial charge >= 0.3 is 0 Å². The minimum Gasteiger partial charge on any atom is -0.343 e. The van der Waals surface area contributed by atoms with Gasteiger partial charge < -0.3 is 9.80 Å². The molecule has 0 aromatic heterocycles. The molecule has 4 fully saturated rings. The topological polar surface area (TPSA) is 35.9 Å². The third-order valence-electron chi connectivity index (χ3n) is 12.1. The van der Waals surface area contributed by atoms with Crippen molar-refractivity contribution >= 4 is 11.6 Å². The summed E-state index contributed by atoms with van der Waals surface area (Å²) in [6.07, 6.45) is 17.3. The Bertz CT molecular complexity index is 894. The van der Waals surface area contributed by atoms with Crippen LogP contribution in [0.4, 0.5) is 0 Å². The summed E-state index contributed by atoms with van der Waals surface area (Å²) in [4.78, 5) is 22.3. The molecule has 4 heteroatoms. The first-order valence-electron chi connectivity index (χ1n) is 15.3. The minimum atomic E-state index is 0.183. The van der Waals surface area contributed by atoms with E-state index in [1.807, 2.05) is 11.9 Å². The lowest BCUT2D eigenvalue weighted by Gasteiger charge is -2.58. The molecule has 3 saturated carbocycles. The fraction of sp³-hybridized carbons (Fsp3) is 0.875. The molecule has 1 amide bonds. The fourth-order valence-electron chi connectivity index (χ4n) is 9.80. The molecule has 0 bridgehead atoms. The van der Waals surface area contributed by atoms with Crippen molar-refractivity contribution in [3.8, 4) is 0 Å². The Kier molecular flexibility index (Phi) is 7.49. The Hall–Kier alpha value is -1.16. The van der Waals surface area contributed by atoms with Gasteiger partial charge in [-0.1, -0.05) is 38.8 Å². The summed E-state index contributed by atoms with van der Waals surface area (Å²) in [5.41, 5.74) is 3.89. The molecule has 1 aliphatic heterocycles. The highest BCUT2D eigenvalue weighted by Gasteiger charge is 2.59. The van der Waals surface area contributed by atoms with Crippen LogP contribution in [0.3, 0.4) is 0 Å². The average molecular weight is 496 g/mol. The lowest BCUT2D eigenvalue weighted by molar-refractivity contribution is -0.129. The molecular weight excluding hydrogens is 442 g/mol. The van der Waals surface area contributed by atoms with Gasteiger partial charge in [0.05, 0.1) is 0 Å². The second kappa shape index (κ2) is 10.2.